The molecule has 28 heavy (non-hydrogen) atoms. The fourth-order valence-electron chi connectivity index (χ4n) is 2.23. The van der Waals surface area contributed by atoms with Crippen LogP contribution in [0.2, 0.25) is 5.02 Å². The van der Waals surface area contributed by atoms with Gasteiger partial charge < -0.3 is 4.74 Å². The number of ether oxygens (including phenoxy) is 1. The van der Waals surface area contributed by atoms with Crippen molar-refractivity contribution in [3.8, 4) is 0 Å². The number of alkyl halides is 3. The first-order chi connectivity index (χ1) is 13.2. The SMILES string of the molecule is O=C(OCc1cc(=O)n2cc(Cl)ccc2n1)c1cccnc1SCC(F)(F)F. The number of hydrogen-bond acceptors (Lipinski definition) is 6. The second-order valence-corrected chi connectivity index (χ2v) is 6.90. The van der Waals surface area contributed by atoms with Gasteiger partial charge >= 0.3 is 12.1 Å². The lowest BCUT2D eigenvalue weighted by Crippen LogP contribution is -2.17. The highest BCUT2D eigenvalue weighted by atomic mass is 35.5. The number of carbonyl (C=O) groups is 1. The van der Waals surface area contributed by atoms with Gasteiger partial charge in [-0.15, -0.1) is 0 Å². The molecule has 11 heteroatoms. The van der Waals surface area contributed by atoms with E-state index in [1.807, 2.05) is 0 Å². The van der Waals surface area contributed by atoms with E-state index in [-0.39, 0.29) is 22.9 Å². The van der Waals surface area contributed by atoms with E-state index >= 15 is 0 Å². The third kappa shape index (κ3) is 5.02. The van der Waals surface area contributed by atoms with Crippen LogP contribution >= 0.6 is 23.4 Å². The Kier molecular flexibility index (Phi) is 5.90. The summed E-state index contributed by atoms with van der Waals surface area (Å²) in [5.41, 5.74) is -0.0119. The highest BCUT2D eigenvalue weighted by Gasteiger charge is 2.28. The third-order valence-electron chi connectivity index (χ3n) is 3.39. The van der Waals surface area contributed by atoms with Gasteiger partial charge in [0.15, 0.2) is 0 Å². The Morgan fingerprint density at radius 1 is 1.29 bits per heavy atom. The lowest BCUT2D eigenvalue weighted by atomic mass is 10.3. The molecule has 0 fully saturated rings. The normalized spacial score (nSPS) is 11.6. The number of hydrogen-bond donors (Lipinski definition) is 0. The Labute approximate surface area is 165 Å². The van der Waals surface area contributed by atoms with E-state index in [0.29, 0.717) is 22.4 Å². The molecule has 3 rings (SSSR count). The van der Waals surface area contributed by atoms with Gasteiger partial charge in [-0.05, 0) is 24.3 Å². The molecule has 0 amide bonds. The molecule has 0 radical (unpaired) electrons. The number of fused-ring (bicyclic) bond motifs is 1. The van der Waals surface area contributed by atoms with Gasteiger partial charge in [-0.25, -0.2) is 14.8 Å². The molecule has 0 N–H and O–H groups in total. The Bertz CT molecular complexity index is 1090. The van der Waals surface area contributed by atoms with E-state index in [0.717, 1.165) is 0 Å². The average Bonchev–Trinajstić information content (AvgIpc) is 2.65. The van der Waals surface area contributed by atoms with Crippen LogP contribution in [0.5, 0.6) is 0 Å². The average molecular weight is 430 g/mol. The number of pyridine rings is 2. The van der Waals surface area contributed by atoms with Gasteiger partial charge in [0.1, 0.15) is 17.3 Å². The standard InChI is InChI=1S/C17H11ClF3N3O3S/c18-10-3-4-13-23-11(6-14(25)24(13)7-10)8-27-16(26)12-2-1-5-22-15(12)28-9-17(19,20)21/h1-7H,8-9H2. The summed E-state index contributed by atoms with van der Waals surface area (Å²) < 4.78 is 43.6. The number of esters is 1. The third-order valence-corrected chi connectivity index (χ3v) is 4.69. The summed E-state index contributed by atoms with van der Waals surface area (Å²) >= 11 is 6.23. The predicted molar refractivity (Wildman–Crippen MR) is 96.6 cm³/mol. The lowest BCUT2D eigenvalue weighted by Gasteiger charge is -2.10. The van der Waals surface area contributed by atoms with Crippen LogP contribution in [-0.4, -0.2) is 32.3 Å². The molecule has 0 bridgehead atoms. The molecule has 0 unspecified atom stereocenters. The van der Waals surface area contributed by atoms with Crippen LogP contribution in [-0.2, 0) is 11.3 Å². The van der Waals surface area contributed by atoms with E-state index in [1.54, 1.807) is 6.07 Å². The fourth-order valence-corrected chi connectivity index (χ4v) is 3.13. The summed E-state index contributed by atoms with van der Waals surface area (Å²) in [6.45, 7) is -0.328. The van der Waals surface area contributed by atoms with E-state index in [4.69, 9.17) is 16.3 Å². The first kappa shape index (κ1) is 20.2. The maximum atomic E-state index is 12.4. The van der Waals surface area contributed by atoms with Crippen molar-refractivity contribution < 1.29 is 22.7 Å². The van der Waals surface area contributed by atoms with E-state index < -0.39 is 23.5 Å². The number of rotatable bonds is 5. The maximum absolute atomic E-state index is 12.4. The molecule has 146 valence electrons. The molecular formula is C17H11ClF3N3O3S. The number of aromatic nitrogens is 3. The number of thioether (sulfide) groups is 1. The molecule has 0 spiro atoms. The minimum Gasteiger partial charge on any atom is -0.456 e. The molecule has 0 aliphatic heterocycles. The molecule has 3 aromatic rings. The maximum Gasteiger partial charge on any atom is 0.398 e. The minimum atomic E-state index is -4.40. The Morgan fingerprint density at radius 2 is 2.07 bits per heavy atom. The van der Waals surface area contributed by atoms with Crippen molar-refractivity contribution in [2.75, 3.05) is 5.75 Å². The molecule has 0 aromatic carbocycles. The molecular weight excluding hydrogens is 419 g/mol. The van der Waals surface area contributed by atoms with Crippen LogP contribution in [0.1, 0.15) is 16.1 Å². The summed E-state index contributed by atoms with van der Waals surface area (Å²) in [4.78, 5) is 32.4. The Balaban J connectivity index is 1.75. The molecule has 3 aromatic heterocycles. The second-order valence-electron chi connectivity index (χ2n) is 5.50. The van der Waals surface area contributed by atoms with Gasteiger partial charge in [-0.3, -0.25) is 9.20 Å². The highest BCUT2D eigenvalue weighted by Crippen LogP contribution is 2.28. The van der Waals surface area contributed by atoms with Crippen molar-refractivity contribution in [1.82, 2.24) is 14.4 Å². The van der Waals surface area contributed by atoms with Crippen molar-refractivity contribution in [2.45, 2.75) is 17.8 Å². The summed E-state index contributed by atoms with van der Waals surface area (Å²) in [5.74, 6) is -2.05. The zero-order valence-electron chi connectivity index (χ0n) is 13.9. The first-order valence-electron chi connectivity index (χ1n) is 7.72. The molecule has 0 atom stereocenters. The first-order valence-corrected chi connectivity index (χ1v) is 9.09. The minimum absolute atomic E-state index is 0.0917. The van der Waals surface area contributed by atoms with Crippen LogP contribution in [0.4, 0.5) is 13.2 Å². The van der Waals surface area contributed by atoms with Crippen molar-refractivity contribution in [1.29, 1.82) is 0 Å². The Morgan fingerprint density at radius 3 is 2.82 bits per heavy atom. The van der Waals surface area contributed by atoms with Crippen molar-refractivity contribution in [3.63, 3.8) is 0 Å². The van der Waals surface area contributed by atoms with Crippen molar-refractivity contribution in [2.24, 2.45) is 0 Å². The van der Waals surface area contributed by atoms with Crippen LogP contribution < -0.4 is 5.56 Å². The summed E-state index contributed by atoms with van der Waals surface area (Å²) in [5, 5.41) is 0.266. The number of carbonyl (C=O) groups excluding carboxylic acids is 1. The van der Waals surface area contributed by atoms with E-state index in [2.05, 4.69) is 9.97 Å². The molecule has 0 saturated heterocycles. The van der Waals surface area contributed by atoms with Gasteiger partial charge in [-0.2, -0.15) is 13.2 Å². The van der Waals surface area contributed by atoms with E-state index in [9.17, 15) is 22.8 Å². The van der Waals surface area contributed by atoms with Crippen molar-refractivity contribution >= 4 is 35.0 Å². The molecule has 0 saturated carbocycles. The molecule has 0 aliphatic carbocycles. The van der Waals surface area contributed by atoms with Crippen molar-refractivity contribution in [3.05, 3.63) is 69.4 Å². The van der Waals surface area contributed by atoms with Gasteiger partial charge in [0.2, 0.25) is 0 Å². The quantitative estimate of drug-likeness (QED) is 0.454. The summed E-state index contributed by atoms with van der Waals surface area (Å²) in [6.07, 6.45) is -1.71. The largest absolute Gasteiger partial charge is 0.456 e. The van der Waals surface area contributed by atoms with Gasteiger partial charge in [0.05, 0.1) is 22.0 Å². The Hall–Kier alpha value is -2.59. The molecule has 3 heterocycles. The van der Waals surface area contributed by atoms with Gasteiger partial charge in [0.25, 0.3) is 5.56 Å². The van der Waals surface area contributed by atoms with Crippen LogP contribution in [0.15, 0.2) is 52.5 Å². The monoisotopic (exact) mass is 429 g/mol. The number of nitrogens with zero attached hydrogens (tertiary/aromatic N) is 3. The second kappa shape index (κ2) is 8.19. The van der Waals surface area contributed by atoms with Gasteiger partial charge in [0, 0.05) is 18.5 Å². The van der Waals surface area contributed by atoms with Crippen LogP contribution in [0.25, 0.3) is 5.65 Å². The highest BCUT2D eigenvalue weighted by molar-refractivity contribution is 7.99. The van der Waals surface area contributed by atoms with Crippen LogP contribution in [0.3, 0.4) is 0 Å². The summed E-state index contributed by atoms with van der Waals surface area (Å²) in [7, 11) is 0. The summed E-state index contributed by atoms with van der Waals surface area (Å²) in [6, 6.07) is 7.00. The molecule has 0 aliphatic rings. The number of halogens is 4. The zero-order chi connectivity index (χ0) is 20.3. The van der Waals surface area contributed by atoms with Crippen LogP contribution in [0, 0.1) is 0 Å². The van der Waals surface area contributed by atoms with E-state index in [1.165, 1.54) is 41.1 Å². The predicted octanol–water partition coefficient (Wildman–Crippen LogP) is 3.75. The molecule has 6 nitrogen and oxygen atoms in total. The lowest BCUT2D eigenvalue weighted by molar-refractivity contribution is -0.105. The fraction of sp³-hybridized carbons (Fsp3) is 0.176. The smallest absolute Gasteiger partial charge is 0.398 e. The topological polar surface area (TPSA) is 73.6 Å². The zero-order valence-corrected chi connectivity index (χ0v) is 15.5. The van der Waals surface area contributed by atoms with Gasteiger partial charge in [-0.1, -0.05) is 23.4 Å².